The summed E-state index contributed by atoms with van der Waals surface area (Å²) in [7, 11) is 0. The summed E-state index contributed by atoms with van der Waals surface area (Å²) in [5.41, 5.74) is 14.5. The summed E-state index contributed by atoms with van der Waals surface area (Å²) >= 11 is 0. The second-order valence-electron chi connectivity index (χ2n) is 0.793. The Bertz CT molecular complexity index is 167. The average molecular weight is 106 g/mol. The van der Waals surface area contributed by atoms with E-state index in [0.717, 1.165) is 0 Å². The minimum absolute atomic E-state index is 0.538. The Labute approximate surface area is 48.0 Å². The highest BCUT2D eigenvalue weighted by atomic mass is 15.0. The highest BCUT2D eigenvalue weighted by molar-refractivity contribution is 5.75. The van der Waals surface area contributed by atoms with Gasteiger partial charge in [0.15, 0.2) is 5.96 Å². The van der Waals surface area contributed by atoms with Crippen molar-refractivity contribution in [2.75, 3.05) is 13.0 Å². The molecule has 0 saturated heterocycles. The van der Waals surface area contributed by atoms with E-state index in [4.69, 9.17) is 22.7 Å². The fraction of sp³-hybridized carbons (Fsp3) is 0.667. The maximum Gasteiger partial charge on any atom is 0.185 e. The first kappa shape index (κ1) is 2.00. The van der Waals surface area contributed by atoms with Crippen LogP contribution in [0.15, 0.2) is 4.99 Å². The molecule has 0 aromatic heterocycles. The number of nitrogens with zero attached hydrogens (tertiary/aromatic N) is 1. The summed E-state index contributed by atoms with van der Waals surface area (Å²) < 4.78 is 27.4. The number of rotatable bonds is 2. The number of aliphatic imine (C=N–C) groups is 1. The first-order chi connectivity index (χ1) is 4.67. The zero-order valence-electron chi connectivity index (χ0n) is 7.68. The molecule has 0 aliphatic rings. The Kier molecular flexibility index (Phi) is 0.978. The largest absolute Gasteiger partial charge is 0.370 e. The van der Waals surface area contributed by atoms with Crippen molar-refractivity contribution in [1.82, 2.24) is 0 Å². The molecule has 0 aromatic rings. The van der Waals surface area contributed by atoms with Gasteiger partial charge in [-0.05, 0) is 0 Å². The predicted octanol–water partition coefficient (Wildman–Crippen LogP) is -1.78. The van der Waals surface area contributed by atoms with E-state index < -0.39 is 19.0 Å². The first-order valence-corrected chi connectivity index (χ1v) is 1.56. The first-order valence-electron chi connectivity index (χ1n) is 3.56. The van der Waals surface area contributed by atoms with E-state index in [2.05, 4.69) is 4.99 Å². The van der Waals surface area contributed by atoms with E-state index in [1.807, 2.05) is 0 Å². The van der Waals surface area contributed by atoms with E-state index in [1.165, 1.54) is 0 Å². The summed E-state index contributed by atoms with van der Waals surface area (Å²) in [5.74, 6) is -0.538. The molecule has 7 heavy (non-hydrogen) atoms. The molecular formula is C3H10N4. The van der Waals surface area contributed by atoms with Crippen molar-refractivity contribution in [2.45, 2.75) is 0 Å². The van der Waals surface area contributed by atoms with E-state index in [9.17, 15) is 0 Å². The molecule has 0 unspecified atom stereocenters. The second kappa shape index (κ2) is 3.42. The quantitative estimate of drug-likeness (QED) is 0.287. The molecule has 6 N–H and O–H groups in total. The van der Waals surface area contributed by atoms with Crippen molar-refractivity contribution in [2.24, 2.45) is 22.2 Å². The molecule has 0 radical (unpaired) electrons. The second-order valence-corrected chi connectivity index (χ2v) is 0.793. The molecule has 0 atom stereocenters. The van der Waals surface area contributed by atoms with Crippen LogP contribution in [0.25, 0.3) is 0 Å². The molecule has 42 valence electrons. The van der Waals surface area contributed by atoms with Crippen molar-refractivity contribution in [3.8, 4) is 0 Å². The molecule has 0 fully saturated rings. The van der Waals surface area contributed by atoms with Gasteiger partial charge >= 0.3 is 0 Å². The summed E-state index contributed by atoms with van der Waals surface area (Å²) in [5, 5.41) is 0. The standard InChI is InChI=1S/C3H10N4/c4-1-2-7-3(5)6/h1-2,4H2,(H4,5,6,7)/i1D2,2D2. The van der Waals surface area contributed by atoms with E-state index in [1.54, 1.807) is 0 Å². The Morgan fingerprint density at radius 3 is 2.43 bits per heavy atom. The highest BCUT2D eigenvalue weighted by Crippen LogP contribution is 1.58. The van der Waals surface area contributed by atoms with Crippen LogP contribution in [0.4, 0.5) is 0 Å². The molecule has 0 heterocycles. The van der Waals surface area contributed by atoms with Gasteiger partial charge in [-0.1, -0.05) is 0 Å². The number of guanidine groups is 1. The zero-order chi connectivity index (χ0) is 9.28. The van der Waals surface area contributed by atoms with Crippen molar-refractivity contribution in [1.29, 1.82) is 0 Å². The number of hydrogen-bond acceptors (Lipinski definition) is 2. The maximum absolute atomic E-state index is 6.93. The Morgan fingerprint density at radius 1 is 1.71 bits per heavy atom. The Hall–Kier alpha value is -0.770. The third kappa shape index (κ3) is 5.23. The van der Waals surface area contributed by atoms with Crippen molar-refractivity contribution in [3.63, 3.8) is 0 Å². The third-order valence-corrected chi connectivity index (χ3v) is 0.250. The van der Waals surface area contributed by atoms with Crippen LogP contribution in [0.5, 0.6) is 0 Å². The fourth-order valence-corrected chi connectivity index (χ4v) is 0.0968. The average Bonchev–Trinajstić information content (AvgIpc) is 1.56. The van der Waals surface area contributed by atoms with Gasteiger partial charge in [0, 0.05) is 9.24 Å². The van der Waals surface area contributed by atoms with Crippen LogP contribution in [-0.4, -0.2) is 19.0 Å². The minimum atomic E-state index is -2.59. The Morgan fingerprint density at radius 2 is 2.29 bits per heavy atom. The van der Waals surface area contributed by atoms with Gasteiger partial charge in [0.2, 0.25) is 0 Å². The van der Waals surface area contributed by atoms with Crippen LogP contribution in [-0.2, 0) is 0 Å². The van der Waals surface area contributed by atoms with Crippen LogP contribution in [0.3, 0.4) is 0 Å². The lowest BCUT2D eigenvalue weighted by Gasteiger charge is -1.86. The number of nitrogens with two attached hydrogens (primary N) is 3. The van der Waals surface area contributed by atoms with Crippen molar-refractivity contribution >= 4 is 5.96 Å². The van der Waals surface area contributed by atoms with Crippen LogP contribution in [0, 0.1) is 0 Å². The van der Waals surface area contributed by atoms with Gasteiger partial charge in [-0.25, -0.2) is 0 Å². The topological polar surface area (TPSA) is 90.4 Å². The molecule has 0 amide bonds. The van der Waals surface area contributed by atoms with Gasteiger partial charge in [-0.15, -0.1) is 0 Å². The van der Waals surface area contributed by atoms with Crippen LogP contribution in [0.2, 0.25) is 0 Å². The Balaban J connectivity index is 4.61. The fourth-order valence-electron chi connectivity index (χ4n) is 0.0968. The normalized spacial score (nSPS) is 20.7. The van der Waals surface area contributed by atoms with Crippen LogP contribution >= 0.6 is 0 Å². The van der Waals surface area contributed by atoms with Gasteiger partial charge in [-0.2, -0.15) is 0 Å². The predicted molar refractivity (Wildman–Crippen MR) is 29.7 cm³/mol. The minimum Gasteiger partial charge on any atom is -0.370 e. The lowest BCUT2D eigenvalue weighted by molar-refractivity contribution is 0.970. The van der Waals surface area contributed by atoms with Crippen molar-refractivity contribution < 1.29 is 5.48 Å². The lowest BCUT2D eigenvalue weighted by atomic mass is 10.7. The smallest absolute Gasteiger partial charge is 0.185 e. The molecule has 4 heteroatoms. The molecule has 0 aliphatic carbocycles. The lowest BCUT2D eigenvalue weighted by Crippen LogP contribution is -2.24. The molecular weight excluding hydrogens is 92.1 g/mol. The van der Waals surface area contributed by atoms with Gasteiger partial charge < -0.3 is 17.2 Å². The molecule has 0 aliphatic heterocycles. The summed E-state index contributed by atoms with van der Waals surface area (Å²) in [6.07, 6.45) is 0. The SMILES string of the molecule is [2H]C([2H])(N)C([2H])([2H])N=C(N)N. The molecule has 0 aromatic carbocycles. The highest BCUT2D eigenvalue weighted by Gasteiger charge is 1.74. The van der Waals surface area contributed by atoms with Crippen LogP contribution < -0.4 is 17.2 Å². The summed E-state index contributed by atoms with van der Waals surface area (Å²) in [6, 6.07) is 0. The van der Waals surface area contributed by atoms with E-state index in [-0.39, 0.29) is 0 Å². The van der Waals surface area contributed by atoms with Gasteiger partial charge in [-0.3, -0.25) is 4.99 Å². The van der Waals surface area contributed by atoms with Gasteiger partial charge in [0.1, 0.15) is 0 Å². The molecule has 4 nitrogen and oxygen atoms in total. The van der Waals surface area contributed by atoms with Crippen LogP contribution in [0.1, 0.15) is 5.48 Å². The van der Waals surface area contributed by atoms with E-state index >= 15 is 0 Å². The zero-order valence-corrected chi connectivity index (χ0v) is 3.68. The molecule has 0 saturated carbocycles. The summed E-state index contributed by atoms with van der Waals surface area (Å²) in [6.45, 7) is -5.18. The maximum atomic E-state index is 6.93. The third-order valence-electron chi connectivity index (χ3n) is 0.250. The van der Waals surface area contributed by atoms with Gasteiger partial charge in [0.25, 0.3) is 0 Å². The summed E-state index contributed by atoms with van der Waals surface area (Å²) in [4.78, 5) is 2.99. The van der Waals surface area contributed by atoms with E-state index in [0.29, 0.717) is 0 Å². The number of hydrogen-bond donors (Lipinski definition) is 3. The molecule has 0 rings (SSSR count). The molecule has 0 bridgehead atoms. The van der Waals surface area contributed by atoms with Crippen molar-refractivity contribution in [3.05, 3.63) is 0 Å². The van der Waals surface area contributed by atoms with Gasteiger partial charge in [0.05, 0.1) is 9.24 Å². The molecule has 0 spiro atoms. The monoisotopic (exact) mass is 106 g/mol.